The van der Waals surface area contributed by atoms with Gasteiger partial charge in [-0.25, -0.2) is 17.8 Å². The number of anilines is 1. The molecule has 0 saturated carbocycles. The van der Waals surface area contributed by atoms with Crippen molar-refractivity contribution in [3.63, 3.8) is 0 Å². The Hall–Kier alpha value is -2.99. The Morgan fingerprint density at radius 3 is 2.58 bits per heavy atom. The zero-order valence-corrected chi connectivity index (χ0v) is 19.8. The van der Waals surface area contributed by atoms with E-state index in [0.717, 1.165) is 10.9 Å². The predicted molar refractivity (Wildman–Crippen MR) is 124 cm³/mol. The monoisotopic (exact) mass is 511 g/mol. The van der Waals surface area contributed by atoms with Gasteiger partial charge in [-0.05, 0) is 30.2 Å². The van der Waals surface area contributed by atoms with E-state index in [1.54, 1.807) is 20.0 Å². The number of aryl methyl sites for hydroxylation is 2. The Labute approximate surface area is 198 Å². The molecule has 174 valence electrons. The van der Waals surface area contributed by atoms with E-state index >= 15 is 0 Å². The van der Waals surface area contributed by atoms with E-state index in [1.165, 1.54) is 35.0 Å². The van der Waals surface area contributed by atoms with Crippen LogP contribution in [0.15, 0.2) is 57.2 Å². The van der Waals surface area contributed by atoms with Gasteiger partial charge in [0, 0.05) is 31.5 Å². The lowest BCUT2D eigenvalue weighted by atomic mass is 10.2. The Kier molecular flexibility index (Phi) is 7.38. The fraction of sp³-hybridized carbons (Fsp3) is 0.200. The van der Waals surface area contributed by atoms with Crippen LogP contribution in [0.25, 0.3) is 0 Å². The van der Waals surface area contributed by atoms with Crippen molar-refractivity contribution in [3.05, 3.63) is 84.6 Å². The van der Waals surface area contributed by atoms with Crippen LogP contribution in [0.3, 0.4) is 0 Å². The molecule has 0 aliphatic heterocycles. The minimum absolute atomic E-state index is 0.0294. The molecule has 0 atom stereocenters. The lowest BCUT2D eigenvalue weighted by Crippen LogP contribution is -2.30. The summed E-state index contributed by atoms with van der Waals surface area (Å²) in [4.78, 5) is 35.9. The van der Waals surface area contributed by atoms with Crippen LogP contribution in [0, 0.1) is 6.92 Å². The topological polar surface area (TPSA) is 132 Å². The number of sulfonamides is 1. The van der Waals surface area contributed by atoms with Gasteiger partial charge in [-0.2, -0.15) is 5.10 Å². The van der Waals surface area contributed by atoms with Gasteiger partial charge in [0.15, 0.2) is 0 Å². The third kappa shape index (κ3) is 5.88. The lowest BCUT2D eigenvalue weighted by molar-refractivity contribution is -0.117. The summed E-state index contributed by atoms with van der Waals surface area (Å²) < 4.78 is 30.4. The Morgan fingerprint density at radius 2 is 1.88 bits per heavy atom. The van der Waals surface area contributed by atoms with Crippen molar-refractivity contribution in [1.29, 1.82) is 0 Å². The van der Waals surface area contributed by atoms with Crippen molar-refractivity contribution in [3.8, 4) is 0 Å². The van der Waals surface area contributed by atoms with Crippen molar-refractivity contribution in [2.45, 2.75) is 24.9 Å². The molecule has 0 saturated heterocycles. The summed E-state index contributed by atoms with van der Waals surface area (Å²) in [6, 6.07) is 7.26. The molecule has 2 aromatic heterocycles. The number of hydrogen-bond donors (Lipinski definition) is 2. The van der Waals surface area contributed by atoms with Gasteiger partial charge in [0.1, 0.15) is 11.6 Å². The smallest absolute Gasteiger partial charge is 0.287 e. The first kappa shape index (κ1) is 24.6. The standard InChI is InChI=1S/C20H19Cl2N5O5S/c1-12-3-5-14(25-17(28)11-27-20(30)19(22)15(21)9-23-27)7-16(12)33(31,32)24-8-13-4-6-18(29)26(2)10-13/h3-7,9-10,24H,8,11H2,1-2H3,(H,25,28). The highest BCUT2D eigenvalue weighted by Gasteiger charge is 2.18. The van der Waals surface area contributed by atoms with Gasteiger partial charge in [0.25, 0.3) is 5.56 Å². The lowest BCUT2D eigenvalue weighted by Gasteiger charge is -2.13. The number of nitrogens with one attached hydrogen (secondary N) is 2. The van der Waals surface area contributed by atoms with Crippen molar-refractivity contribution in [2.24, 2.45) is 7.05 Å². The van der Waals surface area contributed by atoms with Crippen LogP contribution in [0.5, 0.6) is 0 Å². The Bertz CT molecular complexity index is 1450. The fourth-order valence-corrected chi connectivity index (χ4v) is 4.43. The Balaban J connectivity index is 1.76. The van der Waals surface area contributed by atoms with Crippen molar-refractivity contribution < 1.29 is 13.2 Å². The highest BCUT2D eigenvalue weighted by molar-refractivity contribution is 7.89. The second kappa shape index (κ2) is 9.87. The molecule has 0 aliphatic carbocycles. The molecule has 0 spiro atoms. The van der Waals surface area contributed by atoms with Crippen LogP contribution >= 0.6 is 23.2 Å². The minimum Gasteiger partial charge on any atom is -0.324 e. The number of pyridine rings is 1. The second-order valence-electron chi connectivity index (χ2n) is 7.11. The number of carbonyl (C=O) groups is 1. The maximum absolute atomic E-state index is 12.8. The molecule has 13 heteroatoms. The van der Waals surface area contributed by atoms with Gasteiger partial charge in [-0.15, -0.1) is 0 Å². The maximum Gasteiger partial charge on any atom is 0.287 e. The molecule has 0 bridgehead atoms. The highest BCUT2D eigenvalue weighted by atomic mass is 35.5. The number of carbonyl (C=O) groups excluding carboxylic acids is 1. The van der Waals surface area contributed by atoms with Gasteiger partial charge in [-0.3, -0.25) is 14.4 Å². The number of nitrogens with zero attached hydrogens (tertiary/aromatic N) is 3. The second-order valence-corrected chi connectivity index (χ2v) is 9.63. The molecule has 0 radical (unpaired) electrons. The predicted octanol–water partition coefficient (Wildman–Crippen LogP) is 1.67. The van der Waals surface area contributed by atoms with Crippen LogP contribution in [0.4, 0.5) is 5.69 Å². The SMILES string of the molecule is Cc1ccc(NC(=O)Cn2ncc(Cl)c(Cl)c2=O)cc1S(=O)(=O)NCc1ccc(=O)n(C)c1. The molecule has 33 heavy (non-hydrogen) atoms. The molecule has 3 aromatic rings. The molecule has 2 heterocycles. The van der Waals surface area contributed by atoms with Crippen LogP contribution in [0.2, 0.25) is 10.0 Å². The van der Waals surface area contributed by atoms with Gasteiger partial charge in [0.2, 0.25) is 21.5 Å². The van der Waals surface area contributed by atoms with Gasteiger partial charge < -0.3 is 9.88 Å². The molecular formula is C20H19Cl2N5O5S. The van der Waals surface area contributed by atoms with Gasteiger partial charge in [-0.1, -0.05) is 35.3 Å². The first-order valence-corrected chi connectivity index (χ1v) is 11.7. The zero-order valence-electron chi connectivity index (χ0n) is 17.5. The first-order chi connectivity index (χ1) is 15.5. The summed E-state index contributed by atoms with van der Waals surface area (Å²) >= 11 is 11.5. The van der Waals surface area contributed by atoms with E-state index in [1.807, 2.05) is 0 Å². The van der Waals surface area contributed by atoms with Crippen molar-refractivity contribution in [1.82, 2.24) is 19.1 Å². The molecule has 0 unspecified atom stereocenters. The number of aromatic nitrogens is 3. The summed E-state index contributed by atoms with van der Waals surface area (Å²) in [5, 5.41) is 6.00. The average molecular weight is 512 g/mol. The Morgan fingerprint density at radius 1 is 1.15 bits per heavy atom. The maximum atomic E-state index is 12.8. The van der Waals surface area contributed by atoms with E-state index < -0.39 is 28.0 Å². The van der Waals surface area contributed by atoms with Crippen LogP contribution in [0.1, 0.15) is 11.1 Å². The quantitative estimate of drug-likeness (QED) is 0.495. The molecule has 0 aliphatic rings. The summed E-state index contributed by atoms with van der Waals surface area (Å²) in [7, 11) is -2.37. The molecule has 3 rings (SSSR count). The van der Waals surface area contributed by atoms with Gasteiger partial charge in [0.05, 0.1) is 16.1 Å². The molecular weight excluding hydrogens is 493 g/mol. The van der Waals surface area contributed by atoms with Crippen molar-refractivity contribution >= 4 is 44.8 Å². The summed E-state index contributed by atoms with van der Waals surface area (Å²) in [5.41, 5.74) is 0.334. The fourth-order valence-electron chi connectivity index (χ4n) is 2.87. The minimum atomic E-state index is -3.93. The average Bonchev–Trinajstić information content (AvgIpc) is 2.76. The molecule has 10 nitrogen and oxygen atoms in total. The zero-order chi connectivity index (χ0) is 24.3. The summed E-state index contributed by atoms with van der Waals surface area (Å²) in [6.45, 7) is 1.14. The van der Waals surface area contributed by atoms with Crippen LogP contribution in [-0.2, 0) is 35.0 Å². The number of benzene rings is 1. The molecule has 1 aromatic carbocycles. The largest absolute Gasteiger partial charge is 0.324 e. The summed E-state index contributed by atoms with van der Waals surface area (Å²) in [5.74, 6) is -0.617. The number of amides is 1. The first-order valence-electron chi connectivity index (χ1n) is 9.45. The third-order valence-corrected chi connectivity index (χ3v) is 6.90. The van der Waals surface area contributed by atoms with Crippen molar-refractivity contribution in [2.75, 3.05) is 5.32 Å². The normalized spacial score (nSPS) is 11.4. The number of hydrogen-bond acceptors (Lipinski definition) is 6. The molecule has 2 N–H and O–H groups in total. The van der Waals surface area contributed by atoms with Crippen LogP contribution < -0.4 is 21.2 Å². The highest BCUT2D eigenvalue weighted by Crippen LogP contribution is 2.21. The van der Waals surface area contributed by atoms with E-state index in [-0.39, 0.29) is 32.7 Å². The van der Waals surface area contributed by atoms with Gasteiger partial charge >= 0.3 is 0 Å². The molecule has 0 fully saturated rings. The number of halogens is 2. The van der Waals surface area contributed by atoms with E-state index in [0.29, 0.717) is 11.1 Å². The van der Waals surface area contributed by atoms with E-state index in [9.17, 15) is 22.8 Å². The van der Waals surface area contributed by atoms with Crippen LogP contribution in [-0.4, -0.2) is 28.7 Å². The van der Waals surface area contributed by atoms with E-state index in [2.05, 4.69) is 15.1 Å². The van der Waals surface area contributed by atoms with E-state index in [4.69, 9.17) is 23.2 Å². The summed E-state index contributed by atoms with van der Waals surface area (Å²) in [6.07, 6.45) is 2.68. The number of rotatable bonds is 7. The molecule has 1 amide bonds. The third-order valence-electron chi connectivity index (χ3n) is 4.61.